The van der Waals surface area contributed by atoms with Crippen LogP contribution in [0.5, 0.6) is 0 Å². The van der Waals surface area contributed by atoms with E-state index in [1.807, 2.05) is 19.1 Å². The van der Waals surface area contributed by atoms with E-state index in [4.69, 9.17) is 9.26 Å². The monoisotopic (exact) mass is 301 g/mol. The van der Waals surface area contributed by atoms with Crippen LogP contribution in [0.15, 0.2) is 28.9 Å². The molecule has 0 aliphatic carbocycles. The lowest BCUT2D eigenvalue weighted by Gasteiger charge is -2.24. The molecule has 1 unspecified atom stereocenters. The van der Waals surface area contributed by atoms with E-state index in [2.05, 4.69) is 15.0 Å². The van der Waals surface area contributed by atoms with Gasteiger partial charge in [0.1, 0.15) is 17.3 Å². The van der Waals surface area contributed by atoms with Crippen molar-refractivity contribution in [3.05, 3.63) is 41.4 Å². The highest BCUT2D eigenvalue weighted by Crippen LogP contribution is 2.34. The maximum atomic E-state index is 11.7. The van der Waals surface area contributed by atoms with Gasteiger partial charge in [-0.1, -0.05) is 5.16 Å². The Bertz CT molecular complexity index is 651. The zero-order chi connectivity index (χ0) is 15.5. The predicted octanol–water partition coefficient (Wildman–Crippen LogP) is 2.90. The number of aryl methyl sites for hydroxylation is 1. The average Bonchev–Trinajstić information content (AvgIpc) is 3.16. The molecule has 1 fully saturated rings. The molecule has 0 amide bonds. The Kier molecular flexibility index (Phi) is 4.09. The third-order valence-electron chi connectivity index (χ3n) is 3.79. The van der Waals surface area contributed by atoms with Crippen molar-refractivity contribution < 1.29 is 14.1 Å². The lowest BCUT2D eigenvalue weighted by atomic mass is 10.1. The molecule has 22 heavy (non-hydrogen) atoms. The van der Waals surface area contributed by atoms with Crippen LogP contribution in [0.1, 0.15) is 47.6 Å². The van der Waals surface area contributed by atoms with Crippen LogP contribution in [0.25, 0.3) is 0 Å². The van der Waals surface area contributed by atoms with Crippen LogP contribution in [-0.4, -0.2) is 29.3 Å². The Balaban J connectivity index is 1.79. The molecular formula is C16H19N3O3. The summed E-state index contributed by atoms with van der Waals surface area (Å²) >= 11 is 0. The van der Waals surface area contributed by atoms with Crippen LogP contribution in [-0.2, 0) is 4.74 Å². The molecule has 116 valence electrons. The number of ether oxygens (including phenoxy) is 1. The molecule has 0 radical (unpaired) electrons. The molecule has 1 saturated heterocycles. The highest BCUT2D eigenvalue weighted by molar-refractivity contribution is 5.89. The number of carbonyl (C=O) groups is 1. The van der Waals surface area contributed by atoms with Crippen LogP contribution in [0.4, 0.5) is 5.82 Å². The van der Waals surface area contributed by atoms with E-state index >= 15 is 0 Å². The van der Waals surface area contributed by atoms with E-state index in [1.165, 1.54) is 0 Å². The van der Waals surface area contributed by atoms with E-state index in [0.29, 0.717) is 12.2 Å². The van der Waals surface area contributed by atoms with E-state index < -0.39 is 0 Å². The standard InChI is InChI=1S/C16H19N3O3/c1-3-21-16(20)12-6-7-15(17-10-12)19-8-4-5-14(19)13-9-11(2)22-18-13/h6-7,9-10,14H,3-5,8H2,1-2H3. The summed E-state index contributed by atoms with van der Waals surface area (Å²) in [5.74, 6) is 1.32. The Morgan fingerprint density at radius 2 is 2.36 bits per heavy atom. The Morgan fingerprint density at radius 1 is 1.50 bits per heavy atom. The molecule has 0 N–H and O–H groups in total. The highest BCUT2D eigenvalue weighted by Gasteiger charge is 2.29. The van der Waals surface area contributed by atoms with Crippen molar-refractivity contribution in [1.82, 2.24) is 10.1 Å². The van der Waals surface area contributed by atoms with Crippen molar-refractivity contribution in [3.63, 3.8) is 0 Å². The van der Waals surface area contributed by atoms with Crippen molar-refractivity contribution in [2.45, 2.75) is 32.7 Å². The van der Waals surface area contributed by atoms with Crippen LogP contribution in [0, 0.1) is 6.92 Å². The lowest BCUT2D eigenvalue weighted by Crippen LogP contribution is -2.23. The summed E-state index contributed by atoms with van der Waals surface area (Å²) in [4.78, 5) is 18.3. The molecule has 1 aliphatic heterocycles. The zero-order valence-electron chi connectivity index (χ0n) is 12.8. The normalized spacial score (nSPS) is 17.7. The zero-order valence-corrected chi connectivity index (χ0v) is 12.8. The van der Waals surface area contributed by atoms with Gasteiger partial charge in [0, 0.05) is 18.8 Å². The van der Waals surface area contributed by atoms with E-state index in [1.54, 1.807) is 19.2 Å². The van der Waals surface area contributed by atoms with E-state index in [0.717, 1.165) is 36.7 Å². The van der Waals surface area contributed by atoms with Crippen molar-refractivity contribution in [2.75, 3.05) is 18.1 Å². The Labute approximate surface area is 129 Å². The van der Waals surface area contributed by atoms with Crippen LogP contribution < -0.4 is 4.90 Å². The quantitative estimate of drug-likeness (QED) is 0.809. The van der Waals surface area contributed by atoms with Gasteiger partial charge in [0.2, 0.25) is 0 Å². The van der Waals surface area contributed by atoms with Gasteiger partial charge in [0.15, 0.2) is 0 Å². The number of hydrogen-bond acceptors (Lipinski definition) is 6. The summed E-state index contributed by atoms with van der Waals surface area (Å²) in [5.41, 5.74) is 1.41. The maximum absolute atomic E-state index is 11.7. The van der Waals surface area contributed by atoms with Gasteiger partial charge in [-0.05, 0) is 38.8 Å². The van der Waals surface area contributed by atoms with E-state index in [9.17, 15) is 4.79 Å². The number of rotatable bonds is 4. The molecule has 6 heteroatoms. The summed E-state index contributed by atoms with van der Waals surface area (Å²) in [6.45, 7) is 4.96. The largest absolute Gasteiger partial charge is 0.462 e. The number of pyridine rings is 1. The minimum atomic E-state index is -0.341. The van der Waals surface area contributed by atoms with Crippen LogP contribution in [0.3, 0.4) is 0 Å². The van der Waals surface area contributed by atoms with Gasteiger partial charge in [-0.15, -0.1) is 0 Å². The number of nitrogens with zero attached hydrogens (tertiary/aromatic N) is 3. The molecule has 2 aromatic rings. The summed E-state index contributed by atoms with van der Waals surface area (Å²) in [6, 6.07) is 5.76. The molecule has 0 bridgehead atoms. The first kappa shape index (κ1) is 14.6. The second kappa shape index (κ2) is 6.17. The van der Waals surface area contributed by atoms with Gasteiger partial charge in [-0.3, -0.25) is 0 Å². The maximum Gasteiger partial charge on any atom is 0.339 e. The fraction of sp³-hybridized carbons (Fsp3) is 0.438. The molecule has 0 saturated carbocycles. The first-order valence-electron chi connectivity index (χ1n) is 7.52. The topological polar surface area (TPSA) is 68.5 Å². The molecule has 1 aliphatic rings. The van der Waals surface area contributed by atoms with Gasteiger partial charge in [-0.25, -0.2) is 9.78 Å². The molecule has 0 spiro atoms. The first-order valence-corrected chi connectivity index (χ1v) is 7.52. The van der Waals surface area contributed by atoms with Gasteiger partial charge in [0.05, 0.1) is 18.2 Å². The minimum Gasteiger partial charge on any atom is -0.462 e. The second-order valence-corrected chi connectivity index (χ2v) is 5.34. The molecule has 1 atom stereocenters. The molecule has 3 rings (SSSR count). The van der Waals surface area contributed by atoms with Gasteiger partial charge < -0.3 is 14.2 Å². The first-order chi connectivity index (χ1) is 10.7. The summed E-state index contributed by atoms with van der Waals surface area (Å²) in [6.07, 6.45) is 3.67. The van der Waals surface area contributed by atoms with Crippen LogP contribution in [0.2, 0.25) is 0 Å². The van der Waals surface area contributed by atoms with Crippen molar-refractivity contribution >= 4 is 11.8 Å². The minimum absolute atomic E-state index is 0.179. The number of carbonyl (C=O) groups excluding carboxylic acids is 1. The Hall–Kier alpha value is -2.37. The van der Waals surface area contributed by atoms with E-state index in [-0.39, 0.29) is 12.0 Å². The molecule has 6 nitrogen and oxygen atoms in total. The SMILES string of the molecule is CCOC(=O)c1ccc(N2CCCC2c2cc(C)on2)nc1. The summed E-state index contributed by atoms with van der Waals surface area (Å²) in [5, 5.41) is 4.13. The Morgan fingerprint density at radius 3 is 3.00 bits per heavy atom. The van der Waals surface area contributed by atoms with Crippen molar-refractivity contribution in [3.8, 4) is 0 Å². The van der Waals surface area contributed by atoms with Crippen molar-refractivity contribution in [2.24, 2.45) is 0 Å². The average molecular weight is 301 g/mol. The number of anilines is 1. The second-order valence-electron chi connectivity index (χ2n) is 5.34. The fourth-order valence-corrected chi connectivity index (χ4v) is 2.78. The molecule has 3 heterocycles. The van der Waals surface area contributed by atoms with Gasteiger partial charge in [-0.2, -0.15) is 0 Å². The summed E-state index contributed by atoms with van der Waals surface area (Å²) < 4.78 is 10.2. The predicted molar refractivity (Wildman–Crippen MR) is 80.8 cm³/mol. The summed E-state index contributed by atoms with van der Waals surface area (Å²) in [7, 11) is 0. The number of hydrogen-bond donors (Lipinski definition) is 0. The lowest BCUT2D eigenvalue weighted by molar-refractivity contribution is 0.0526. The molecule has 2 aromatic heterocycles. The van der Waals surface area contributed by atoms with Gasteiger partial charge in [0.25, 0.3) is 0 Å². The number of esters is 1. The third kappa shape index (κ3) is 2.81. The molecular weight excluding hydrogens is 282 g/mol. The van der Waals surface area contributed by atoms with Gasteiger partial charge >= 0.3 is 5.97 Å². The highest BCUT2D eigenvalue weighted by atomic mass is 16.5. The van der Waals surface area contributed by atoms with Crippen molar-refractivity contribution in [1.29, 1.82) is 0 Å². The van der Waals surface area contributed by atoms with Crippen LogP contribution >= 0.6 is 0 Å². The number of aromatic nitrogens is 2. The smallest absolute Gasteiger partial charge is 0.339 e. The fourth-order valence-electron chi connectivity index (χ4n) is 2.78. The third-order valence-corrected chi connectivity index (χ3v) is 3.79. The molecule has 0 aromatic carbocycles.